The number of hydrogen-bond acceptors (Lipinski definition) is 20. The third kappa shape index (κ3) is 36.0. The zero-order valence-electron chi connectivity index (χ0n) is 48.3. The predicted molar refractivity (Wildman–Crippen MR) is 299 cm³/mol. The van der Waals surface area contributed by atoms with Gasteiger partial charge in [-0.05, 0) is 50.7 Å². The molecule has 9 N–H and O–H groups in total. The van der Waals surface area contributed by atoms with E-state index in [1.54, 1.807) is 7.11 Å². The van der Waals surface area contributed by atoms with Gasteiger partial charge in [-0.1, -0.05) is 19.3 Å². The van der Waals surface area contributed by atoms with E-state index in [1.165, 1.54) is 6.07 Å². The summed E-state index contributed by atoms with van der Waals surface area (Å²) in [5.74, 6) is -3.57. The minimum atomic E-state index is -0.883. The van der Waals surface area contributed by atoms with Crippen molar-refractivity contribution in [2.24, 2.45) is 16.5 Å². The van der Waals surface area contributed by atoms with Gasteiger partial charge in [0.05, 0.1) is 164 Å². The fourth-order valence-electron chi connectivity index (χ4n) is 8.83. The molecule has 3 rings (SSSR count). The summed E-state index contributed by atoms with van der Waals surface area (Å²) in [6, 6.07) is 1.30. The van der Waals surface area contributed by atoms with Crippen molar-refractivity contribution in [3.63, 3.8) is 0 Å². The van der Waals surface area contributed by atoms with E-state index in [0.29, 0.717) is 184 Å². The summed E-state index contributed by atoms with van der Waals surface area (Å²) in [7, 11) is 1.64. The highest BCUT2D eigenvalue weighted by Crippen LogP contribution is 2.40. The lowest BCUT2D eigenvalue weighted by atomic mass is 9.73. The molecular formula is C54H95FN10O17. The monoisotopic (exact) mass is 1170 g/mol. The maximum absolute atomic E-state index is 13.5. The minimum absolute atomic E-state index is 0.0782. The number of aliphatic imine (C=N–C) groups is 1. The molecule has 1 aromatic heterocycles. The van der Waals surface area contributed by atoms with Gasteiger partial charge in [0.1, 0.15) is 6.04 Å². The minimum Gasteiger partial charge on any atom is -0.382 e. The number of rotatable bonds is 50. The van der Waals surface area contributed by atoms with E-state index in [9.17, 15) is 28.4 Å². The van der Waals surface area contributed by atoms with Crippen molar-refractivity contribution >= 4 is 41.2 Å². The molecule has 470 valence electrons. The Morgan fingerprint density at radius 1 is 0.646 bits per heavy atom. The predicted octanol–water partition coefficient (Wildman–Crippen LogP) is -0.177. The second-order valence-electron chi connectivity index (χ2n) is 19.2. The van der Waals surface area contributed by atoms with E-state index >= 15 is 0 Å². The number of carbonyl (C=O) groups is 5. The van der Waals surface area contributed by atoms with E-state index in [0.717, 1.165) is 44.4 Å². The van der Waals surface area contributed by atoms with Gasteiger partial charge < -0.3 is 94.9 Å². The maximum Gasteiger partial charge on any atom is 0.313 e. The standard InChI is InChI=1S/C54H95FN10O17/c1-71-20-21-73-24-25-75-28-29-77-32-33-79-36-37-81-40-41-82-39-38-80-35-34-78-31-30-76-27-26-74-23-22-72-19-16-58-48(66)9-10-49(67)64-46(6-5-14-60-53(56)57)50(68)59-15-18-65-17-11-44(42-54(65)12-3-2-4-13-54)62-51(69)52(70)63-45-7-8-47(55)61-43-45/h7-8,43-44,46H,2-6,9-42H2,1H3,(H,58,66)(H,59,68)(H,62,69)(H,63,70)(H,64,67)(H4,56,57,60)/t44?,46-/m0/s1. The number of piperidine rings is 1. The van der Waals surface area contributed by atoms with Gasteiger partial charge in [-0.15, -0.1) is 0 Å². The van der Waals surface area contributed by atoms with Gasteiger partial charge in [-0.25, -0.2) is 4.98 Å². The fraction of sp³-hybridized carbons (Fsp3) is 0.796. The number of methoxy groups -OCH3 is 1. The van der Waals surface area contributed by atoms with Crippen LogP contribution in [0.15, 0.2) is 23.3 Å². The Morgan fingerprint density at radius 3 is 1.61 bits per heavy atom. The molecule has 1 aliphatic heterocycles. The molecule has 2 atom stereocenters. The van der Waals surface area contributed by atoms with Crippen LogP contribution in [0, 0.1) is 5.95 Å². The Labute approximate surface area is 482 Å². The zero-order chi connectivity index (χ0) is 59.0. The van der Waals surface area contributed by atoms with Crippen LogP contribution in [0.5, 0.6) is 0 Å². The van der Waals surface area contributed by atoms with Crippen molar-refractivity contribution < 1.29 is 85.2 Å². The van der Waals surface area contributed by atoms with Crippen LogP contribution in [-0.2, 0) is 80.8 Å². The fourth-order valence-corrected chi connectivity index (χ4v) is 8.83. The van der Waals surface area contributed by atoms with Crippen LogP contribution in [-0.4, -0.2) is 255 Å². The van der Waals surface area contributed by atoms with Crippen LogP contribution >= 0.6 is 0 Å². The van der Waals surface area contributed by atoms with Gasteiger partial charge in [0.25, 0.3) is 0 Å². The van der Waals surface area contributed by atoms with E-state index in [4.69, 9.17) is 68.3 Å². The summed E-state index contributed by atoms with van der Waals surface area (Å²) in [6.07, 6.45) is 7.82. The third-order valence-corrected chi connectivity index (χ3v) is 12.9. The summed E-state index contributed by atoms with van der Waals surface area (Å²) in [5, 5.41) is 13.8. The number of ether oxygens (including phenoxy) is 12. The number of carbonyl (C=O) groups excluding carboxylic acids is 5. The molecule has 1 aliphatic carbocycles. The number of nitrogens with one attached hydrogen (secondary N) is 5. The van der Waals surface area contributed by atoms with Gasteiger partial charge in [-0.3, -0.25) is 33.9 Å². The smallest absolute Gasteiger partial charge is 0.313 e. The first-order valence-electron chi connectivity index (χ1n) is 28.7. The number of halogens is 1. The van der Waals surface area contributed by atoms with Crippen LogP contribution in [0.3, 0.4) is 0 Å². The third-order valence-electron chi connectivity index (χ3n) is 12.9. The van der Waals surface area contributed by atoms with E-state index < -0.39 is 29.7 Å². The van der Waals surface area contributed by atoms with Crippen molar-refractivity contribution in [2.75, 3.05) is 197 Å². The van der Waals surface area contributed by atoms with Crippen LogP contribution < -0.4 is 38.1 Å². The maximum atomic E-state index is 13.5. The first kappa shape index (κ1) is 71.4. The first-order chi connectivity index (χ1) is 40.0. The lowest BCUT2D eigenvalue weighted by molar-refractivity contribution is -0.137. The molecule has 1 unspecified atom stereocenters. The quantitative estimate of drug-likeness (QED) is 0.0146. The Bertz CT molecular complexity index is 1870. The number of pyridine rings is 1. The Kier molecular flexibility index (Phi) is 41.4. The molecular weight excluding hydrogens is 1080 g/mol. The number of amides is 5. The Morgan fingerprint density at radius 2 is 1.13 bits per heavy atom. The summed E-state index contributed by atoms with van der Waals surface area (Å²) in [5.41, 5.74) is 11.0. The molecule has 1 saturated carbocycles. The van der Waals surface area contributed by atoms with Gasteiger partial charge >= 0.3 is 11.8 Å². The van der Waals surface area contributed by atoms with Gasteiger partial charge in [0.15, 0.2) is 5.96 Å². The Balaban J connectivity index is 1.13. The topological polar surface area (TPSA) is 337 Å². The van der Waals surface area contributed by atoms with E-state index in [-0.39, 0.29) is 74.0 Å². The van der Waals surface area contributed by atoms with Crippen molar-refractivity contribution in [2.45, 2.75) is 88.3 Å². The SMILES string of the molecule is COCCOCCOCCOCCOCCOCCOCCOCCOCCOCCOCCOCCNC(=O)CCC(=O)N[C@@H](CCCN=C(N)N)C(=O)NCCN1CCC(NC(=O)C(=O)Nc2ccc(F)nc2)CC12CCCCC2. The van der Waals surface area contributed by atoms with Crippen LogP contribution in [0.4, 0.5) is 10.1 Å². The summed E-state index contributed by atoms with van der Waals surface area (Å²) in [6.45, 7) is 12.5. The lowest BCUT2D eigenvalue weighted by Gasteiger charge is -2.52. The van der Waals surface area contributed by atoms with Gasteiger partial charge in [-0.2, -0.15) is 4.39 Å². The van der Waals surface area contributed by atoms with Crippen LogP contribution in [0.2, 0.25) is 0 Å². The summed E-state index contributed by atoms with van der Waals surface area (Å²) < 4.78 is 78.4. The average Bonchev–Trinajstić information content (AvgIpc) is 3.58. The summed E-state index contributed by atoms with van der Waals surface area (Å²) >= 11 is 0. The van der Waals surface area contributed by atoms with E-state index in [2.05, 4.69) is 41.5 Å². The van der Waals surface area contributed by atoms with E-state index in [1.807, 2.05) is 0 Å². The van der Waals surface area contributed by atoms with Crippen molar-refractivity contribution in [1.82, 2.24) is 31.2 Å². The number of nitrogens with zero attached hydrogens (tertiary/aromatic N) is 3. The highest BCUT2D eigenvalue weighted by molar-refractivity contribution is 6.39. The second kappa shape index (κ2) is 47.5. The number of likely N-dealkylation sites (tertiary alicyclic amines) is 1. The van der Waals surface area contributed by atoms with Crippen LogP contribution in [0.25, 0.3) is 0 Å². The number of anilines is 1. The van der Waals surface area contributed by atoms with Crippen molar-refractivity contribution in [3.05, 3.63) is 24.3 Å². The number of guanidine groups is 1. The molecule has 2 fully saturated rings. The molecule has 1 aromatic rings. The molecule has 27 nitrogen and oxygen atoms in total. The van der Waals surface area contributed by atoms with Crippen LogP contribution in [0.1, 0.15) is 70.6 Å². The van der Waals surface area contributed by atoms with Crippen molar-refractivity contribution in [3.8, 4) is 0 Å². The lowest BCUT2D eigenvalue weighted by Crippen LogP contribution is -2.61. The molecule has 28 heteroatoms. The molecule has 0 radical (unpaired) electrons. The summed E-state index contributed by atoms with van der Waals surface area (Å²) in [4.78, 5) is 74.4. The molecule has 0 aromatic carbocycles. The number of aromatic nitrogens is 1. The zero-order valence-corrected chi connectivity index (χ0v) is 48.3. The molecule has 1 saturated heterocycles. The average molecular weight is 1180 g/mol. The molecule has 2 aliphatic rings. The van der Waals surface area contributed by atoms with Crippen molar-refractivity contribution in [1.29, 1.82) is 0 Å². The molecule has 82 heavy (non-hydrogen) atoms. The molecule has 2 heterocycles. The number of nitrogens with two attached hydrogens (primary N) is 2. The number of hydrogen-bond donors (Lipinski definition) is 7. The Hall–Kier alpha value is -4.82. The largest absolute Gasteiger partial charge is 0.382 e. The molecule has 0 bridgehead atoms. The second-order valence-corrected chi connectivity index (χ2v) is 19.2. The molecule has 5 amide bonds. The van der Waals surface area contributed by atoms with Gasteiger partial charge in [0, 0.05) is 64.3 Å². The highest BCUT2D eigenvalue weighted by Gasteiger charge is 2.43. The first-order valence-corrected chi connectivity index (χ1v) is 28.7. The normalized spacial score (nSPS) is 15.4. The molecule has 1 spiro atoms. The van der Waals surface area contributed by atoms with Gasteiger partial charge in [0.2, 0.25) is 23.7 Å². The highest BCUT2D eigenvalue weighted by atomic mass is 19.1.